The Balaban J connectivity index is 1.56. The van der Waals surface area contributed by atoms with Gasteiger partial charge in [0.2, 0.25) is 0 Å². The fraction of sp³-hybridized carbons (Fsp3) is 0.375. The van der Waals surface area contributed by atoms with Crippen LogP contribution in [-0.2, 0) is 6.42 Å². The first-order valence-corrected chi connectivity index (χ1v) is 8.32. The van der Waals surface area contributed by atoms with Crippen molar-refractivity contribution in [3.05, 3.63) is 40.4 Å². The van der Waals surface area contributed by atoms with Crippen LogP contribution in [0, 0.1) is 0 Å². The first-order chi connectivity index (χ1) is 10.3. The number of nitrogens with one attached hydrogen (secondary N) is 2. The van der Waals surface area contributed by atoms with Crippen molar-refractivity contribution < 1.29 is 4.79 Å². The average Bonchev–Trinajstić information content (AvgIpc) is 3.27. The number of thiazole rings is 1. The maximum atomic E-state index is 12.5. The predicted octanol–water partition coefficient (Wildman–Crippen LogP) is 3.63. The maximum absolute atomic E-state index is 12.5. The minimum atomic E-state index is -0.0488. The molecule has 108 valence electrons. The first kappa shape index (κ1) is 12.8. The molecule has 1 aliphatic heterocycles. The standard InChI is InChI=1S/C16H17N3OS/c20-15(19-16-18-14(9-21-16)10-6-7-10)12-3-1-5-13-11(12)4-2-8-17-13/h1,3,5,9-10,17H,2,4,6-8H2,(H,18,19,20). The van der Waals surface area contributed by atoms with E-state index in [4.69, 9.17) is 0 Å². The number of rotatable bonds is 3. The molecule has 0 unspecified atom stereocenters. The van der Waals surface area contributed by atoms with Gasteiger partial charge in [-0.15, -0.1) is 11.3 Å². The zero-order valence-electron chi connectivity index (χ0n) is 11.7. The molecule has 0 bridgehead atoms. The summed E-state index contributed by atoms with van der Waals surface area (Å²) < 4.78 is 0. The van der Waals surface area contributed by atoms with Gasteiger partial charge in [0.25, 0.3) is 5.91 Å². The SMILES string of the molecule is O=C(Nc1nc(C2CC2)cs1)c1cccc2c1CCCN2. The summed E-state index contributed by atoms with van der Waals surface area (Å²) in [7, 11) is 0. The number of benzene rings is 1. The predicted molar refractivity (Wildman–Crippen MR) is 85.3 cm³/mol. The molecule has 4 nitrogen and oxygen atoms in total. The molecule has 1 aromatic carbocycles. The zero-order valence-corrected chi connectivity index (χ0v) is 12.5. The number of hydrogen-bond donors (Lipinski definition) is 2. The minimum Gasteiger partial charge on any atom is -0.385 e. The molecule has 21 heavy (non-hydrogen) atoms. The molecule has 1 aliphatic carbocycles. The Labute approximate surface area is 127 Å². The van der Waals surface area contributed by atoms with Gasteiger partial charge in [-0.25, -0.2) is 4.98 Å². The number of hydrogen-bond acceptors (Lipinski definition) is 4. The minimum absolute atomic E-state index is 0.0488. The van der Waals surface area contributed by atoms with Gasteiger partial charge in [0.05, 0.1) is 5.69 Å². The van der Waals surface area contributed by atoms with Crippen molar-refractivity contribution in [1.29, 1.82) is 0 Å². The Morgan fingerprint density at radius 3 is 3.14 bits per heavy atom. The van der Waals surface area contributed by atoms with E-state index in [1.807, 2.05) is 18.2 Å². The van der Waals surface area contributed by atoms with Crippen LogP contribution in [0.4, 0.5) is 10.8 Å². The van der Waals surface area contributed by atoms with E-state index >= 15 is 0 Å². The van der Waals surface area contributed by atoms with Crippen LogP contribution in [0.3, 0.4) is 0 Å². The lowest BCUT2D eigenvalue weighted by Gasteiger charge is -2.20. The number of carbonyl (C=O) groups is 1. The lowest BCUT2D eigenvalue weighted by atomic mass is 9.97. The van der Waals surface area contributed by atoms with Crippen LogP contribution in [0.5, 0.6) is 0 Å². The molecule has 1 amide bonds. The van der Waals surface area contributed by atoms with Gasteiger partial charge in [-0.05, 0) is 43.4 Å². The van der Waals surface area contributed by atoms with E-state index in [1.165, 1.54) is 24.2 Å². The number of fused-ring (bicyclic) bond motifs is 1. The Kier molecular flexibility index (Phi) is 3.15. The number of amides is 1. The van der Waals surface area contributed by atoms with Crippen LogP contribution in [-0.4, -0.2) is 17.4 Å². The van der Waals surface area contributed by atoms with Crippen molar-refractivity contribution in [2.75, 3.05) is 17.2 Å². The van der Waals surface area contributed by atoms with Crippen LogP contribution in [0.25, 0.3) is 0 Å². The second-order valence-corrected chi connectivity index (χ2v) is 6.53. The highest BCUT2D eigenvalue weighted by Crippen LogP contribution is 2.41. The topological polar surface area (TPSA) is 54.0 Å². The Morgan fingerprint density at radius 1 is 1.38 bits per heavy atom. The smallest absolute Gasteiger partial charge is 0.257 e. The molecule has 0 spiro atoms. The lowest BCUT2D eigenvalue weighted by molar-refractivity contribution is 0.102. The van der Waals surface area contributed by atoms with Gasteiger partial charge >= 0.3 is 0 Å². The molecule has 1 saturated carbocycles. The second kappa shape index (κ2) is 5.15. The lowest BCUT2D eigenvalue weighted by Crippen LogP contribution is -2.19. The summed E-state index contributed by atoms with van der Waals surface area (Å²) in [6.45, 7) is 0.981. The molecule has 2 heterocycles. The van der Waals surface area contributed by atoms with Crippen molar-refractivity contribution >= 4 is 28.1 Å². The Bertz CT molecular complexity index is 691. The highest BCUT2D eigenvalue weighted by Gasteiger charge is 2.26. The van der Waals surface area contributed by atoms with E-state index < -0.39 is 0 Å². The van der Waals surface area contributed by atoms with E-state index in [1.54, 1.807) is 0 Å². The van der Waals surface area contributed by atoms with Crippen molar-refractivity contribution in [2.24, 2.45) is 0 Å². The molecule has 0 radical (unpaired) electrons. The molecule has 1 fully saturated rings. The molecular formula is C16H17N3OS. The molecular weight excluding hydrogens is 282 g/mol. The molecule has 2 aliphatic rings. The van der Waals surface area contributed by atoms with Crippen molar-refractivity contribution in [3.8, 4) is 0 Å². The summed E-state index contributed by atoms with van der Waals surface area (Å²) in [4.78, 5) is 17.0. The van der Waals surface area contributed by atoms with E-state index in [-0.39, 0.29) is 5.91 Å². The first-order valence-electron chi connectivity index (χ1n) is 7.44. The van der Waals surface area contributed by atoms with Crippen LogP contribution >= 0.6 is 11.3 Å². The third kappa shape index (κ3) is 2.53. The molecule has 4 rings (SSSR count). The second-order valence-electron chi connectivity index (χ2n) is 5.67. The summed E-state index contributed by atoms with van der Waals surface area (Å²) in [6, 6.07) is 5.87. The molecule has 0 saturated heterocycles. The summed E-state index contributed by atoms with van der Waals surface area (Å²) in [5.41, 5.74) is 4.11. The number of aromatic nitrogens is 1. The van der Waals surface area contributed by atoms with Gasteiger partial charge in [-0.2, -0.15) is 0 Å². The largest absolute Gasteiger partial charge is 0.385 e. The summed E-state index contributed by atoms with van der Waals surface area (Å²) in [5, 5.41) is 9.08. The summed E-state index contributed by atoms with van der Waals surface area (Å²) >= 11 is 1.52. The fourth-order valence-corrected chi connectivity index (χ4v) is 3.58. The van der Waals surface area contributed by atoms with Crippen LogP contribution in [0.1, 0.15) is 46.8 Å². The van der Waals surface area contributed by atoms with E-state index in [0.29, 0.717) is 11.0 Å². The average molecular weight is 299 g/mol. The van der Waals surface area contributed by atoms with Crippen molar-refractivity contribution in [2.45, 2.75) is 31.6 Å². The van der Waals surface area contributed by atoms with Gasteiger partial charge in [0.15, 0.2) is 5.13 Å². The molecule has 1 aromatic heterocycles. The number of anilines is 2. The molecule has 2 aromatic rings. The summed E-state index contributed by atoms with van der Waals surface area (Å²) in [6.07, 6.45) is 4.49. The van der Waals surface area contributed by atoms with Crippen LogP contribution in [0.15, 0.2) is 23.6 Å². The van der Waals surface area contributed by atoms with Gasteiger partial charge in [0, 0.05) is 29.1 Å². The van der Waals surface area contributed by atoms with Crippen molar-refractivity contribution in [3.63, 3.8) is 0 Å². The number of nitrogens with zero attached hydrogens (tertiary/aromatic N) is 1. The van der Waals surface area contributed by atoms with Gasteiger partial charge < -0.3 is 5.32 Å². The van der Waals surface area contributed by atoms with Gasteiger partial charge in [0.1, 0.15) is 0 Å². The Hall–Kier alpha value is -1.88. The molecule has 5 heteroatoms. The van der Waals surface area contributed by atoms with E-state index in [9.17, 15) is 4.79 Å². The fourth-order valence-electron chi connectivity index (χ4n) is 2.80. The quantitative estimate of drug-likeness (QED) is 0.910. The van der Waals surface area contributed by atoms with Crippen molar-refractivity contribution in [1.82, 2.24) is 4.98 Å². The van der Waals surface area contributed by atoms with Gasteiger partial charge in [-0.1, -0.05) is 6.07 Å². The van der Waals surface area contributed by atoms with Crippen LogP contribution < -0.4 is 10.6 Å². The van der Waals surface area contributed by atoms with Crippen LogP contribution in [0.2, 0.25) is 0 Å². The normalized spacial score (nSPS) is 17.0. The maximum Gasteiger partial charge on any atom is 0.257 e. The monoisotopic (exact) mass is 299 g/mol. The zero-order chi connectivity index (χ0) is 14.2. The molecule has 0 atom stereocenters. The van der Waals surface area contributed by atoms with Gasteiger partial charge in [-0.3, -0.25) is 10.1 Å². The summed E-state index contributed by atoms with van der Waals surface area (Å²) in [5.74, 6) is 0.577. The van der Waals surface area contributed by atoms with E-state index in [0.717, 1.165) is 41.9 Å². The van der Waals surface area contributed by atoms with E-state index in [2.05, 4.69) is 21.0 Å². The number of carbonyl (C=O) groups excluding carboxylic acids is 1. The molecule has 2 N–H and O–H groups in total. The third-order valence-corrected chi connectivity index (χ3v) is 4.85. The highest BCUT2D eigenvalue weighted by atomic mass is 32.1. The Morgan fingerprint density at radius 2 is 2.29 bits per heavy atom. The third-order valence-electron chi connectivity index (χ3n) is 4.08. The highest BCUT2D eigenvalue weighted by molar-refractivity contribution is 7.14.